The van der Waals surface area contributed by atoms with E-state index in [4.69, 9.17) is 4.74 Å². The number of ether oxygens (including phenoxy) is 1. The van der Waals surface area contributed by atoms with E-state index in [2.05, 4.69) is 4.98 Å². The quantitative estimate of drug-likeness (QED) is 0.541. The molecule has 2 rings (SSSR count). The van der Waals surface area contributed by atoms with Gasteiger partial charge in [-0.25, -0.2) is 9.78 Å². The molecule has 8 heteroatoms. The van der Waals surface area contributed by atoms with Gasteiger partial charge in [-0.2, -0.15) is 0 Å². The van der Waals surface area contributed by atoms with Crippen LogP contribution in [0.3, 0.4) is 0 Å². The summed E-state index contributed by atoms with van der Waals surface area (Å²) >= 11 is 1.33. The molecule has 0 fully saturated rings. The Labute approximate surface area is 156 Å². The molecule has 2 heterocycles. The van der Waals surface area contributed by atoms with E-state index in [0.717, 1.165) is 23.0 Å². The average molecular weight is 379 g/mol. The molecule has 0 N–H and O–H groups in total. The summed E-state index contributed by atoms with van der Waals surface area (Å²) < 4.78 is 7.60. The first-order valence-corrected chi connectivity index (χ1v) is 9.66. The minimum atomic E-state index is -0.424. The number of esters is 1. The largest absolute Gasteiger partial charge is 0.465 e. The maximum atomic E-state index is 12.8. The highest BCUT2D eigenvalue weighted by atomic mass is 32.2. The number of rotatable bonds is 7. The molecule has 142 valence electrons. The molecule has 0 aromatic carbocycles. The number of fused-ring (bicyclic) bond motifs is 1. The molecule has 0 radical (unpaired) electrons. The van der Waals surface area contributed by atoms with E-state index >= 15 is 0 Å². The van der Waals surface area contributed by atoms with E-state index in [0.29, 0.717) is 29.0 Å². The fraction of sp³-hybridized carbons (Fsp3) is 0.556. The number of hydrogen-bond donors (Lipinski definition) is 0. The van der Waals surface area contributed by atoms with Crippen molar-refractivity contribution in [3.63, 3.8) is 0 Å². The Hall–Kier alpha value is -2.09. The van der Waals surface area contributed by atoms with Gasteiger partial charge < -0.3 is 4.74 Å². The van der Waals surface area contributed by atoms with Gasteiger partial charge in [0.15, 0.2) is 0 Å². The van der Waals surface area contributed by atoms with Crippen molar-refractivity contribution in [2.24, 2.45) is 14.1 Å². The van der Waals surface area contributed by atoms with Crippen LogP contribution in [0.5, 0.6) is 0 Å². The maximum absolute atomic E-state index is 12.8. The molecule has 2 aromatic rings. The zero-order valence-electron chi connectivity index (χ0n) is 15.9. The van der Waals surface area contributed by atoms with E-state index in [1.54, 1.807) is 20.2 Å². The molecule has 0 aliphatic heterocycles. The van der Waals surface area contributed by atoms with Crippen molar-refractivity contribution in [3.8, 4) is 0 Å². The van der Waals surface area contributed by atoms with Crippen LogP contribution in [0.1, 0.15) is 39.2 Å². The van der Waals surface area contributed by atoms with E-state index < -0.39 is 16.5 Å². The van der Waals surface area contributed by atoms with Crippen LogP contribution in [0.25, 0.3) is 11.0 Å². The van der Waals surface area contributed by atoms with E-state index in [-0.39, 0.29) is 5.97 Å². The van der Waals surface area contributed by atoms with Crippen LogP contribution >= 0.6 is 11.8 Å². The Balaban J connectivity index is 2.75. The molecule has 26 heavy (non-hydrogen) atoms. The van der Waals surface area contributed by atoms with Gasteiger partial charge in [-0.15, -0.1) is 11.8 Å². The van der Waals surface area contributed by atoms with Crippen LogP contribution < -0.4 is 11.2 Å². The smallest absolute Gasteiger partial charge is 0.332 e. The summed E-state index contributed by atoms with van der Waals surface area (Å²) in [5, 5.41) is -0.0357. The number of nitrogens with zero attached hydrogens (tertiary/aromatic N) is 3. The standard InChI is InChI=1S/C18H25N3O4S/c1-6-9-11-10-19-15-13(16(22)21(5)18(24)20(15)4)14(11)26-12(7-2)17(23)25-8-3/h10,12H,6-9H2,1-5H3/t12-/m0/s1. The predicted octanol–water partition coefficient (Wildman–Crippen LogP) is 2.02. The Morgan fingerprint density at radius 1 is 1.23 bits per heavy atom. The van der Waals surface area contributed by atoms with Gasteiger partial charge >= 0.3 is 11.7 Å². The number of carbonyl (C=O) groups excluding carboxylic acids is 1. The predicted molar refractivity (Wildman–Crippen MR) is 103 cm³/mol. The summed E-state index contributed by atoms with van der Waals surface area (Å²) in [4.78, 5) is 42.4. The lowest BCUT2D eigenvalue weighted by molar-refractivity contribution is -0.142. The number of pyridine rings is 1. The third-order valence-corrected chi connectivity index (χ3v) is 5.71. The van der Waals surface area contributed by atoms with E-state index in [9.17, 15) is 14.4 Å². The molecule has 0 aliphatic rings. The second-order valence-electron chi connectivity index (χ2n) is 6.03. The minimum absolute atomic E-state index is 0.297. The fourth-order valence-electron chi connectivity index (χ4n) is 2.80. The van der Waals surface area contributed by atoms with Crippen molar-refractivity contribution >= 4 is 28.8 Å². The summed E-state index contributed by atoms with van der Waals surface area (Å²) in [6.45, 7) is 6.03. The van der Waals surface area contributed by atoms with E-state index in [1.165, 1.54) is 23.4 Å². The number of aryl methyl sites for hydroxylation is 2. The van der Waals surface area contributed by atoms with Crippen LogP contribution in [0.15, 0.2) is 20.7 Å². The molecule has 0 amide bonds. The van der Waals surface area contributed by atoms with Gasteiger partial charge in [-0.3, -0.25) is 18.7 Å². The van der Waals surface area contributed by atoms with Crippen LogP contribution in [0.2, 0.25) is 0 Å². The summed E-state index contributed by atoms with van der Waals surface area (Å²) in [5.74, 6) is -0.297. The molecule has 0 bridgehead atoms. The molecular formula is C18H25N3O4S. The first-order chi connectivity index (χ1) is 12.4. The van der Waals surface area contributed by atoms with Crippen LogP contribution in [-0.4, -0.2) is 31.9 Å². The van der Waals surface area contributed by atoms with Gasteiger partial charge in [0.25, 0.3) is 5.56 Å². The van der Waals surface area contributed by atoms with Gasteiger partial charge in [0.1, 0.15) is 10.9 Å². The van der Waals surface area contributed by atoms with Crippen molar-refractivity contribution in [1.82, 2.24) is 14.1 Å². The lowest BCUT2D eigenvalue weighted by Crippen LogP contribution is -2.37. The Morgan fingerprint density at radius 3 is 2.50 bits per heavy atom. The van der Waals surface area contributed by atoms with Crippen molar-refractivity contribution < 1.29 is 9.53 Å². The molecule has 7 nitrogen and oxygen atoms in total. The number of hydrogen-bond acceptors (Lipinski definition) is 6. The minimum Gasteiger partial charge on any atom is -0.465 e. The fourth-order valence-corrected chi connectivity index (χ4v) is 4.02. The normalized spacial score (nSPS) is 12.3. The van der Waals surface area contributed by atoms with Crippen molar-refractivity contribution in [3.05, 3.63) is 32.6 Å². The number of aromatic nitrogens is 3. The molecule has 0 aliphatic carbocycles. The lowest BCUT2D eigenvalue weighted by Gasteiger charge is -2.18. The van der Waals surface area contributed by atoms with Crippen molar-refractivity contribution in [1.29, 1.82) is 0 Å². The number of carbonyl (C=O) groups is 1. The summed E-state index contributed by atoms with van der Waals surface area (Å²) in [6.07, 6.45) is 3.88. The summed E-state index contributed by atoms with van der Waals surface area (Å²) in [6, 6.07) is 0. The van der Waals surface area contributed by atoms with Gasteiger partial charge in [0.05, 0.1) is 12.0 Å². The molecular weight excluding hydrogens is 354 g/mol. The van der Waals surface area contributed by atoms with Crippen molar-refractivity contribution in [2.45, 2.75) is 50.2 Å². The number of thioether (sulfide) groups is 1. The van der Waals surface area contributed by atoms with Gasteiger partial charge in [0.2, 0.25) is 0 Å². The molecule has 0 saturated heterocycles. The monoisotopic (exact) mass is 379 g/mol. The first-order valence-electron chi connectivity index (χ1n) is 8.78. The second-order valence-corrected chi connectivity index (χ2v) is 7.25. The second kappa shape index (κ2) is 8.53. The first kappa shape index (κ1) is 20.2. The third-order valence-electron chi connectivity index (χ3n) is 4.19. The van der Waals surface area contributed by atoms with Crippen molar-refractivity contribution in [2.75, 3.05) is 6.61 Å². The van der Waals surface area contributed by atoms with E-state index in [1.807, 2.05) is 13.8 Å². The molecule has 1 atom stereocenters. The highest BCUT2D eigenvalue weighted by molar-refractivity contribution is 8.00. The molecule has 2 aromatic heterocycles. The highest BCUT2D eigenvalue weighted by Crippen LogP contribution is 2.33. The highest BCUT2D eigenvalue weighted by Gasteiger charge is 2.24. The molecule has 0 unspecified atom stereocenters. The Morgan fingerprint density at radius 2 is 1.92 bits per heavy atom. The van der Waals surface area contributed by atoms with Crippen LogP contribution in [0, 0.1) is 0 Å². The van der Waals surface area contributed by atoms with Gasteiger partial charge in [-0.05, 0) is 25.3 Å². The lowest BCUT2D eigenvalue weighted by atomic mass is 10.1. The zero-order chi connectivity index (χ0) is 19.4. The third kappa shape index (κ3) is 3.70. The van der Waals surface area contributed by atoms with Crippen LogP contribution in [0.4, 0.5) is 0 Å². The zero-order valence-corrected chi connectivity index (χ0v) is 16.7. The van der Waals surface area contributed by atoms with Crippen LogP contribution in [-0.2, 0) is 30.0 Å². The average Bonchev–Trinajstić information content (AvgIpc) is 2.63. The summed E-state index contributed by atoms with van der Waals surface area (Å²) in [7, 11) is 3.04. The van der Waals surface area contributed by atoms with Gasteiger partial charge in [-0.1, -0.05) is 20.3 Å². The van der Waals surface area contributed by atoms with Gasteiger partial charge in [0, 0.05) is 25.2 Å². The molecule has 0 spiro atoms. The Bertz CT molecular complexity index is 933. The Kier molecular flexibility index (Phi) is 6.63. The topological polar surface area (TPSA) is 83.2 Å². The SMILES string of the molecule is CCCc1cnc2c(c1S[C@@H](CC)C(=O)OCC)c(=O)n(C)c(=O)n2C. The molecule has 0 saturated carbocycles. The maximum Gasteiger partial charge on any atom is 0.332 e. The summed E-state index contributed by atoms with van der Waals surface area (Å²) in [5.41, 5.74) is 0.420.